The van der Waals surface area contributed by atoms with Crippen LogP contribution in [0.2, 0.25) is 5.02 Å². The molecule has 3 aromatic rings. The molecule has 180 valence electrons. The lowest BCUT2D eigenvalue weighted by Gasteiger charge is -2.28. The zero-order valence-corrected chi connectivity index (χ0v) is 20.2. The van der Waals surface area contributed by atoms with Crippen LogP contribution in [-0.2, 0) is 11.3 Å². The van der Waals surface area contributed by atoms with Crippen LogP contribution in [0.15, 0.2) is 54.9 Å². The molecule has 35 heavy (non-hydrogen) atoms. The molecule has 0 fully saturated rings. The lowest BCUT2D eigenvalue weighted by molar-refractivity contribution is 0.275. The van der Waals surface area contributed by atoms with E-state index < -0.39 is 7.12 Å². The first kappa shape index (κ1) is 23.4. The molecule has 0 spiro atoms. The van der Waals surface area contributed by atoms with Crippen LogP contribution in [-0.4, -0.2) is 48.9 Å². The molecule has 11 heteroatoms. The molecule has 0 radical (unpaired) electrons. The van der Waals surface area contributed by atoms with Crippen LogP contribution < -0.4 is 31.0 Å². The zero-order chi connectivity index (χ0) is 24.4. The van der Waals surface area contributed by atoms with Crippen molar-refractivity contribution >= 4 is 53.0 Å². The molecule has 1 atom stereocenters. The predicted octanol–water partition coefficient (Wildman–Crippen LogP) is 3.16. The molecule has 2 aliphatic rings. The van der Waals surface area contributed by atoms with Crippen molar-refractivity contribution in [3.05, 3.63) is 65.5 Å². The second kappa shape index (κ2) is 10.1. The van der Waals surface area contributed by atoms with Gasteiger partial charge in [0.25, 0.3) is 0 Å². The number of ether oxygens (including phenoxy) is 1. The van der Waals surface area contributed by atoms with E-state index in [0.29, 0.717) is 35.2 Å². The fraction of sp³-hybridized carbons (Fsp3) is 0.250. The predicted molar refractivity (Wildman–Crippen MR) is 139 cm³/mol. The standard InChI is InChI=1S/C24H26BClN6O3/c1-27-16-7-9-32(10-8-16)18-5-6-21(22(12-18)34-2)30-24-28-13-20(26)23(31-24)29-17-4-3-15-14-35-25(33)19(15)11-17/h3-7,9,11-13,16,27,33H,8,10,14H2,1-2H3,(H2,28,29,30,31). The summed E-state index contributed by atoms with van der Waals surface area (Å²) in [7, 11) is 2.68. The molecule has 3 heterocycles. The number of aromatic nitrogens is 2. The monoisotopic (exact) mass is 492 g/mol. The molecule has 4 N–H and O–H groups in total. The minimum Gasteiger partial charge on any atom is -0.494 e. The van der Waals surface area contributed by atoms with Gasteiger partial charge in [-0.15, -0.1) is 0 Å². The Morgan fingerprint density at radius 1 is 1.23 bits per heavy atom. The van der Waals surface area contributed by atoms with Gasteiger partial charge in [0.1, 0.15) is 10.8 Å². The van der Waals surface area contributed by atoms with E-state index in [1.54, 1.807) is 7.11 Å². The van der Waals surface area contributed by atoms with Crippen LogP contribution in [0, 0.1) is 0 Å². The molecule has 1 aromatic heterocycles. The highest BCUT2D eigenvalue weighted by Crippen LogP contribution is 2.33. The third kappa shape index (κ3) is 5.06. The number of hydrogen-bond donors (Lipinski definition) is 4. The summed E-state index contributed by atoms with van der Waals surface area (Å²) in [4.78, 5) is 11.0. The minimum absolute atomic E-state index is 0.363. The third-order valence-electron chi connectivity index (χ3n) is 6.13. The van der Waals surface area contributed by atoms with Crippen molar-refractivity contribution in [2.24, 2.45) is 0 Å². The van der Waals surface area contributed by atoms with Crippen LogP contribution >= 0.6 is 11.6 Å². The number of rotatable bonds is 7. The van der Waals surface area contributed by atoms with Crippen LogP contribution in [0.1, 0.15) is 12.0 Å². The van der Waals surface area contributed by atoms with Gasteiger partial charge in [0.05, 0.1) is 25.6 Å². The van der Waals surface area contributed by atoms with Crippen LogP contribution in [0.5, 0.6) is 5.75 Å². The van der Waals surface area contributed by atoms with E-state index in [4.69, 9.17) is 21.0 Å². The number of hydrogen-bond acceptors (Lipinski definition) is 9. The van der Waals surface area contributed by atoms with E-state index in [2.05, 4.69) is 43.1 Å². The SMILES string of the molecule is CNC1C=CN(c2ccc(Nc3ncc(Cl)c(Nc4ccc5c(c4)B(O)OC5)n3)c(OC)c2)CC1. The summed E-state index contributed by atoms with van der Waals surface area (Å²) in [5, 5.41) is 20.0. The topological polar surface area (TPSA) is 104 Å². The van der Waals surface area contributed by atoms with Crippen molar-refractivity contribution in [2.45, 2.75) is 19.1 Å². The van der Waals surface area contributed by atoms with Crippen LogP contribution in [0.4, 0.5) is 28.8 Å². The highest BCUT2D eigenvalue weighted by atomic mass is 35.5. The highest BCUT2D eigenvalue weighted by molar-refractivity contribution is 6.61. The number of halogens is 1. The summed E-state index contributed by atoms with van der Waals surface area (Å²) in [6.45, 7) is 1.31. The normalized spacial score (nSPS) is 16.9. The maximum absolute atomic E-state index is 9.98. The van der Waals surface area contributed by atoms with E-state index in [1.165, 1.54) is 6.20 Å². The first-order valence-electron chi connectivity index (χ1n) is 11.3. The summed E-state index contributed by atoms with van der Waals surface area (Å²) in [5.74, 6) is 1.47. The number of likely N-dealkylation sites (N-methyl/N-ethyl adjacent to an activating group) is 1. The summed E-state index contributed by atoms with van der Waals surface area (Å²) in [6.07, 6.45) is 6.81. The molecule has 2 aliphatic heterocycles. The molecule has 5 rings (SSSR count). The van der Waals surface area contributed by atoms with E-state index in [-0.39, 0.29) is 0 Å². The summed E-state index contributed by atoms with van der Waals surface area (Å²) in [6, 6.07) is 12.0. The molecule has 0 saturated carbocycles. The highest BCUT2D eigenvalue weighted by Gasteiger charge is 2.27. The fourth-order valence-corrected chi connectivity index (χ4v) is 4.28. The van der Waals surface area contributed by atoms with Crippen molar-refractivity contribution < 1.29 is 14.4 Å². The molecule has 0 bridgehead atoms. The lowest BCUT2D eigenvalue weighted by Crippen LogP contribution is -2.33. The number of anilines is 5. The Kier molecular flexibility index (Phi) is 6.78. The van der Waals surface area contributed by atoms with Gasteiger partial charge in [-0.3, -0.25) is 0 Å². The number of fused-ring (bicyclic) bond motifs is 1. The van der Waals surface area contributed by atoms with Gasteiger partial charge in [-0.05, 0) is 48.8 Å². The van der Waals surface area contributed by atoms with Gasteiger partial charge in [0.2, 0.25) is 5.95 Å². The van der Waals surface area contributed by atoms with Gasteiger partial charge < -0.3 is 35.3 Å². The Balaban J connectivity index is 1.34. The maximum atomic E-state index is 9.98. The smallest absolute Gasteiger partial charge is 0.491 e. The van der Waals surface area contributed by atoms with Gasteiger partial charge in [0.15, 0.2) is 5.82 Å². The Morgan fingerprint density at radius 2 is 2.11 bits per heavy atom. The van der Waals surface area contributed by atoms with Crippen LogP contribution in [0.3, 0.4) is 0 Å². The van der Waals surface area contributed by atoms with E-state index in [0.717, 1.165) is 41.1 Å². The van der Waals surface area contributed by atoms with Gasteiger partial charge in [-0.1, -0.05) is 23.7 Å². The molecule has 0 saturated heterocycles. The van der Waals surface area contributed by atoms with E-state index in [1.807, 2.05) is 43.4 Å². The van der Waals surface area contributed by atoms with E-state index in [9.17, 15) is 5.02 Å². The Labute approximate surface area is 209 Å². The Bertz CT molecular complexity index is 1260. The molecular weight excluding hydrogens is 467 g/mol. The minimum atomic E-state index is -0.926. The Morgan fingerprint density at radius 3 is 2.89 bits per heavy atom. The molecule has 2 aromatic carbocycles. The van der Waals surface area contributed by atoms with Crippen molar-refractivity contribution in [2.75, 3.05) is 36.2 Å². The van der Waals surface area contributed by atoms with Gasteiger partial charge in [-0.2, -0.15) is 4.98 Å². The maximum Gasteiger partial charge on any atom is 0.491 e. The average Bonchev–Trinajstić information content (AvgIpc) is 3.26. The van der Waals surface area contributed by atoms with E-state index >= 15 is 0 Å². The van der Waals surface area contributed by atoms with Gasteiger partial charge >= 0.3 is 7.12 Å². The fourth-order valence-electron chi connectivity index (χ4n) is 4.14. The molecule has 0 aliphatic carbocycles. The van der Waals surface area contributed by atoms with Crippen molar-refractivity contribution in [1.29, 1.82) is 0 Å². The summed E-state index contributed by atoms with van der Waals surface area (Å²) < 4.78 is 10.9. The van der Waals surface area contributed by atoms with Crippen LogP contribution in [0.25, 0.3) is 0 Å². The lowest BCUT2D eigenvalue weighted by atomic mass is 9.79. The first-order valence-corrected chi connectivity index (χ1v) is 11.7. The van der Waals surface area contributed by atoms with Crippen molar-refractivity contribution in [3.8, 4) is 5.75 Å². The average molecular weight is 493 g/mol. The number of nitrogens with zero attached hydrogens (tertiary/aromatic N) is 3. The van der Waals surface area contributed by atoms with Gasteiger partial charge in [-0.25, -0.2) is 4.98 Å². The van der Waals surface area contributed by atoms with Crippen molar-refractivity contribution in [1.82, 2.24) is 15.3 Å². The molecule has 0 amide bonds. The number of methoxy groups -OCH3 is 1. The Hall–Kier alpha value is -3.31. The summed E-state index contributed by atoms with van der Waals surface area (Å²) >= 11 is 6.35. The van der Waals surface area contributed by atoms with Gasteiger partial charge in [0, 0.05) is 36.2 Å². The largest absolute Gasteiger partial charge is 0.494 e. The molecule has 9 nitrogen and oxygen atoms in total. The zero-order valence-electron chi connectivity index (χ0n) is 19.5. The molecule has 1 unspecified atom stereocenters. The third-order valence-corrected chi connectivity index (χ3v) is 6.41. The second-order valence-corrected chi connectivity index (χ2v) is 8.73. The first-order chi connectivity index (χ1) is 17.0. The number of nitrogens with one attached hydrogen (secondary N) is 3. The number of benzene rings is 2. The summed E-state index contributed by atoms with van der Waals surface area (Å²) in [5.41, 5.74) is 4.19. The quantitative estimate of drug-likeness (QED) is 0.370. The second-order valence-electron chi connectivity index (χ2n) is 8.32. The molecular formula is C24H26BClN6O3. The van der Waals surface area contributed by atoms with Crippen molar-refractivity contribution in [3.63, 3.8) is 0 Å².